The summed E-state index contributed by atoms with van der Waals surface area (Å²) in [7, 11) is 0. The van der Waals surface area contributed by atoms with Crippen molar-refractivity contribution in [3.05, 3.63) is 109 Å². The van der Waals surface area contributed by atoms with Crippen molar-refractivity contribution in [2.24, 2.45) is 11.8 Å². The largest absolute Gasteiger partial charge is 0.423 e. The Hall–Kier alpha value is -3.69. The molecule has 1 saturated heterocycles. The molecular weight excluding hydrogens is 638 g/mol. The van der Waals surface area contributed by atoms with E-state index in [1.54, 1.807) is 0 Å². The average Bonchev–Trinajstić information content (AvgIpc) is 3.20. The quantitative estimate of drug-likeness (QED) is 0.0882. The second kappa shape index (κ2) is 12.5. The highest BCUT2D eigenvalue weighted by molar-refractivity contribution is 6.37. The standard InChI is InChI=1S/C31H22Cl4N2O6/c1-16-2-9-21-24(12-16)30(41)37(29(21)40)36(28(39)22-10-5-18(32)13-25(22)34)15-27(38)17-3-7-20(8-4-17)43-31(42)23-11-6-19(33)14-26(23)35/h2-8,10-11,13-14,21,24H,9,12,15H2,1H3/t21-,24-/m0/s1. The summed E-state index contributed by atoms with van der Waals surface area (Å²) >= 11 is 24.3. The van der Waals surface area contributed by atoms with Crippen LogP contribution in [-0.2, 0) is 9.59 Å². The number of hydrazine groups is 1. The van der Waals surface area contributed by atoms with Crippen LogP contribution in [0.5, 0.6) is 5.75 Å². The Labute approximate surface area is 266 Å². The Kier molecular flexibility index (Phi) is 8.94. The van der Waals surface area contributed by atoms with Crippen LogP contribution in [0.15, 0.2) is 72.3 Å². The van der Waals surface area contributed by atoms with Gasteiger partial charge in [0.2, 0.25) is 0 Å². The fourth-order valence-corrected chi connectivity index (χ4v) is 6.02. The second-order valence-corrected chi connectivity index (χ2v) is 11.8. The number of nitrogens with zero attached hydrogens (tertiary/aromatic N) is 2. The molecule has 1 aliphatic carbocycles. The highest BCUT2D eigenvalue weighted by Crippen LogP contribution is 2.39. The number of carbonyl (C=O) groups is 5. The van der Waals surface area contributed by atoms with E-state index < -0.39 is 47.9 Å². The number of ether oxygens (including phenoxy) is 1. The first-order valence-electron chi connectivity index (χ1n) is 13.1. The van der Waals surface area contributed by atoms with Gasteiger partial charge in [0.1, 0.15) is 12.3 Å². The van der Waals surface area contributed by atoms with E-state index in [1.807, 2.05) is 13.0 Å². The van der Waals surface area contributed by atoms with Gasteiger partial charge in [-0.25, -0.2) is 9.80 Å². The molecule has 43 heavy (non-hydrogen) atoms. The van der Waals surface area contributed by atoms with Gasteiger partial charge in [-0.1, -0.05) is 58.1 Å². The second-order valence-electron chi connectivity index (χ2n) is 10.1. The molecule has 0 unspecified atom stereocenters. The first-order chi connectivity index (χ1) is 20.4. The summed E-state index contributed by atoms with van der Waals surface area (Å²) in [5, 5.41) is 2.37. The monoisotopic (exact) mass is 658 g/mol. The van der Waals surface area contributed by atoms with Crippen LogP contribution in [0.1, 0.15) is 50.8 Å². The van der Waals surface area contributed by atoms with E-state index in [-0.39, 0.29) is 37.5 Å². The Balaban J connectivity index is 1.39. The minimum atomic E-state index is -0.814. The van der Waals surface area contributed by atoms with Crippen LogP contribution in [0.4, 0.5) is 0 Å². The third kappa shape index (κ3) is 6.33. The third-order valence-electron chi connectivity index (χ3n) is 7.27. The number of ketones is 1. The number of esters is 1. The molecule has 0 radical (unpaired) electrons. The normalized spacial score (nSPS) is 17.8. The van der Waals surface area contributed by atoms with E-state index in [4.69, 9.17) is 51.1 Å². The molecule has 12 heteroatoms. The predicted molar refractivity (Wildman–Crippen MR) is 162 cm³/mol. The molecule has 8 nitrogen and oxygen atoms in total. The zero-order valence-corrected chi connectivity index (χ0v) is 25.5. The number of allylic oxidation sites excluding steroid dienone is 2. The predicted octanol–water partition coefficient (Wildman–Crippen LogP) is 7.10. The number of fused-ring (bicyclic) bond motifs is 1. The SMILES string of the molecule is CC1=CC[C@@H]2C(=O)N(N(CC(=O)c3ccc(OC(=O)c4ccc(Cl)cc4Cl)cc3)C(=O)c3ccc(Cl)cc3Cl)C(=O)[C@H]2C1. The van der Waals surface area contributed by atoms with Crippen molar-refractivity contribution in [1.29, 1.82) is 0 Å². The summed E-state index contributed by atoms with van der Waals surface area (Å²) in [6.07, 6.45) is 2.64. The van der Waals surface area contributed by atoms with Gasteiger partial charge in [0.15, 0.2) is 5.78 Å². The lowest BCUT2D eigenvalue weighted by Crippen LogP contribution is -2.52. The number of hydrogen-bond acceptors (Lipinski definition) is 6. The van der Waals surface area contributed by atoms with Crippen LogP contribution in [0, 0.1) is 11.8 Å². The Morgan fingerprint density at radius 3 is 2.02 bits per heavy atom. The van der Waals surface area contributed by atoms with Crippen molar-refractivity contribution >= 4 is 75.9 Å². The van der Waals surface area contributed by atoms with Gasteiger partial charge in [-0.2, -0.15) is 5.01 Å². The first kappa shape index (κ1) is 30.8. The van der Waals surface area contributed by atoms with Crippen LogP contribution < -0.4 is 4.74 Å². The van der Waals surface area contributed by atoms with Crippen molar-refractivity contribution in [1.82, 2.24) is 10.0 Å². The molecule has 1 aliphatic heterocycles. The molecular formula is C31H22Cl4N2O6. The van der Waals surface area contributed by atoms with Crippen molar-refractivity contribution in [2.75, 3.05) is 6.54 Å². The molecule has 3 aromatic carbocycles. The van der Waals surface area contributed by atoms with Gasteiger partial charge in [-0.3, -0.25) is 19.2 Å². The van der Waals surface area contributed by atoms with Crippen molar-refractivity contribution in [3.8, 4) is 5.75 Å². The van der Waals surface area contributed by atoms with Crippen LogP contribution in [0.3, 0.4) is 0 Å². The van der Waals surface area contributed by atoms with E-state index in [0.29, 0.717) is 17.9 Å². The van der Waals surface area contributed by atoms with Crippen LogP contribution in [0.2, 0.25) is 20.1 Å². The van der Waals surface area contributed by atoms with Crippen LogP contribution >= 0.6 is 46.4 Å². The summed E-state index contributed by atoms with van der Waals surface area (Å²) in [4.78, 5) is 66.7. The van der Waals surface area contributed by atoms with E-state index >= 15 is 0 Å². The number of carbonyl (C=O) groups excluding carboxylic acids is 5. The van der Waals surface area contributed by atoms with Crippen molar-refractivity contribution < 1.29 is 28.7 Å². The lowest BCUT2D eigenvalue weighted by molar-refractivity contribution is -0.154. The van der Waals surface area contributed by atoms with Gasteiger partial charge in [0.25, 0.3) is 17.7 Å². The first-order valence-corrected chi connectivity index (χ1v) is 14.6. The summed E-state index contributed by atoms with van der Waals surface area (Å²) < 4.78 is 5.36. The Bertz CT molecular complexity index is 1700. The number of Topliss-reactive ketones (excluding diaryl/α,β-unsaturated/α-hetero) is 1. The van der Waals surface area contributed by atoms with E-state index in [1.165, 1.54) is 60.7 Å². The van der Waals surface area contributed by atoms with Gasteiger partial charge in [0.05, 0.1) is 33.0 Å². The van der Waals surface area contributed by atoms with Crippen molar-refractivity contribution in [2.45, 2.75) is 19.8 Å². The highest BCUT2D eigenvalue weighted by Gasteiger charge is 2.52. The highest BCUT2D eigenvalue weighted by atomic mass is 35.5. The number of halogens is 4. The molecule has 220 valence electrons. The molecule has 0 saturated carbocycles. The topological polar surface area (TPSA) is 101 Å². The number of benzene rings is 3. The average molecular weight is 660 g/mol. The summed E-state index contributed by atoms with van der Waals surface area (Å²) in [5.74, 6) is -4.38. The lowest BCUT2D eigenvalue weighted by atomic mass is 9.82. The van der Waals surface area contributed by atoms with Gasteiger partial charge >= 0.3 is 5.97 Å². The molecule has 1 heterocycles. The molecule has 0 aromatic heterocycles. The third-order valence-corrected chi connectivity index (χ3v) is 8.36. The summed E-state index contributed by atoms with van der Waals surface area (Å²) in [6.45, 7) is 1.24. The lowest BCUT2D eigenvalue weighted by Gasteiger charge is -2.30. The minimum Gasteiger partial charge on any atom is -0.423 e. The number of rotatable bonds is 7. The molecule has 3 amide bonds. The number of imide groups is 1. The van der Waals surface area contributed by atoms with E-state index in [9.17, 15) is 24.0 Å². The maximum absolute atomic E-state index is 13.8. The van der Waals surface area contributed by atoms with Crippen LogP contribution in [0.25, 0.3) is 0 Å². The zero-order chi connectivity index (χ0) is 31.0. The smallest absolute Gasteiger partial charge is 0.345 e. The molecule has 3 aromatic rings. The molecule has 0 spiro atoms. The van der Waals surface area contributed by atoms with Gasteiger partial charge < -0.3 is 4.74 Å². The Morgan fingerprint density at radius 2 is 1.42 bits per heavy atom. The maximum atomic E-state index is 13.8. The molecule has 2 atom stereocenters. The number of amides is 3. The molecule has 0 bridgehead atoms. The van der Waals surface area contributed by atoms with E-state index in [0.717, 1.165) is 15.6 Å². The van der Waals surface area contributed by atoms with Crippen molar-refractivity contribution in [3.63, 3.8) is 0 Å². The van der Waals surface area contributed by atoms with Crippen LogP contribution in [-0.4, -0.2) is 46.0 Å². The van der Waals surface area contributed by atoms with E-state index in [2.05, 4.69) is 0 Å². The van der Waals surface area contributed by atoms with Gasteiger partial charge in [-0.05, 0) is 80.4 Å². The summed E-state index contributed by atoms with van der Waals surface area (Å²) in [5.41, 5.74) is 1.18. The fraction of sp³-hybridized carbons (Fsp3) is 0.194. The van der Waals surface area contributed by atoms with Gasteiger partial charge in [-0.15, -0.1) is 0 Å². The molecule has 0 N–H and O–H groups in total. The molecule has 2 aliphatic rings. The zero-order valence-electron chi connectivity index (χ0n) is 22.5. The Morgan fingerprint density at radius 1 is 0.837 bits per heavy atom. The fourth-order valence-electron chi connectivity index (χ4n) is 5.05. The minimum absolute atomic E-state index is 0.00377. The molecule has 1 fully saturated rings. The number of hydrogen-bond donors (Lipinski definition) is 0. The van der Waals surface area contributed by atoms with Gasteiger partial charge in [0, 0.05) is 15.6 Å². The molecule has 5 rings (SSSR count). The maximum Gasteiger partial charge on any atom is 0.345 e. The summed E-state index contributed by atoms with van der Waals surface area (Å²) in [6, 6.07) is 14.1.